The highest BCUT2D eigenvalue weighted by molar-refractivity contribution is 6.29. The van der Waals surface area contributed by atoms with Crippen molar-refractivity contribution < 1.29 is 0 Å². The number of hydrogen-bond acceptors (Lipinski definition) is 3. The van der Waals surface area contributed by atoms with E-state index in [1.54, 1.807) is 0 Å². The molecule has 0 radical (unpaired) electrons. The third-order valence-electron chi connectivity index (χ3n) is 2.91. The summed E-state index contributed by atoms with van der Waals surface area (Å²) in [5, 5.41) is 8.43. The van der Waals surface area contributed by atoms with Gasteiger partial charge in [0, 0.05) is 6.54 Å². The van der Waals surface area contributed by atoms with Crippen molar-refractivity contribution in [3.05, 3.63) is 23.0 Å². The third kappa shape index (κ3) is 3.14. The summed E-state index contributed by atoms with van der Waals surface area (Å²) in [5.74, 6) is 0.722. The summed E-state index contributed by atoms with van der Waals surface area (Å²) >= 11 is 5.70. The Morgan fingerprint density at radius 1 is 1.47 bits per heavy atom. The van der Waals surface area contributed by atoms with Crippen molar-refractivity contribution in [2.24, 2.45) is 5.92 Å². The summed E-state index contributed by atoms with van der Waals surface area (Å²) < 4.78 is 0. The molecular weight excluding hydrogens is 210 g/mol. The molecule has 1 saturated heterocycles. The van der Waals surface area contributed by atoms with Crippen molar-refractivity contribution in [1.29, 1.82) is 0 Å². The Hall–Kier alpha value is -0.670. The second-order valence-electron chi connectivity index (χ2n) is 4.32. The van der Waals surface area contributed by atoms with Crippen LogP contribution in [0.5, 0.6) is 0 Å². The lowest BCUT2D eigenvalue weighted by Gasteiger charge is -2.29. The second kappa shape index (κ2) is 4.90. The van der Waals surface area contributed by atoms with Crippen LogP contribution in [0.1, 0.15) is 18.5 Å². The van der Waals surface area contributed by atoms with Crippen LogP contribution in [0.2, 0.25) is 5.15 Å². The molecular formula is C11H16ClN3. The van der Waals surface area contributed by atoms with Crippen LogP contribution in [0.3, 0.4) is 0 Å². The first-order valence-corrected chi connectivity index (χ1v) is 5.78. The van der Waals surface area contributed by atoms with Gasteiger partial charge in [-0.2, -0.15) is 5.10 Å². The molecule has 0 N–H and O–H groups in total. The SMILES string of the molecule is CN1CCC[C@@H](Cc2ccc(Cl)nn2)C1. The molecule has 1 aromatic rings. The van der Waals surface area contributed by atoms with E-state index in [0.29, 0.717) is 5.15 Å². The second-order valence-corrected chi connectivity index (χ2v) is 4.71. The smallest absolute Gasteiger partial charge is 0.151 e. The average Bonchev–Trinajstić information content (AvgIpc) is 2.22. The van der Waals surface area contributed by atoms with Crippen molar-refractivity contribution >= 4 is 11.6 Å². The molecule has 82 valence electrons. The van der Waals surface area contributed by atoms with Gasteiger partial charge in [0.05, 0.1) is 5.69 Å². The molecule has 2 heterocycles. The molecule has 0 spiro atoms. The first kappa shape index (κ1) is 10.8. The van der Waals surface area contributed by atoms with E-state index in [0.717, 1.165) is 18.0 Å². The number of halogens is 1. The topological polar surface area (TPSA) is 29.0 Å². The molecule has 1 atom stereocenters. The van der Waals surface area contributed by atoms with Gasteiger partial charge in [-0.05, 0) is 50.9 Å². The van der Waals surface area contributed by atoms with Crippen LogP contribution in [0.25, 0.3) is 0 Å². The summed E-state index contributed by atoms with van der Waals surface area (Å²) in [7, 11) is 2.18. The third-order valence-corrected chi connectivity index (χ3v) is 3.11. The molecule has 1 aliphatic heterocycles. The number of likely N-dealkylation sites (tertiary alicyclic amines) is 1. The summed E-state index contributed by atoms with van der Waals surface area (Å²) in [6.07, 6.45) is 3.62. The van der Waals surface area contributed by atoms with Crippen molar-refractivity contribution in [2.45, 2.75) is 19.3 Å². The predicted octanol–water partition coefficient (Wildman–Crippen LogP) is 2.01. The maximum atomic E-state index is 5.70. The fourth-order valence-electron chi connectivity index (χ4n) is 2.19. The van der Waals surface area contributed by atoms with Gasteiger partial charge >= 0.3 is 0 Å². The van der Waals surface area contributed by atoms with Crippen molar-refractivity contribution in [2.75, 3.05) is 20.1 Å². The number of aromatic nitrogens is 2. The zero-order chi connectivity index (χ0) is 10.7. The fourth-order valence-corrected chi connectivity index (χ4v) is 2.29. The van der Waals surface area contributed by atoms with Crippen molar-refractivity contribution in [3.63, 3.8) is 0 Å². The molecule has 0 aromatic carbocycles. The van der Waals surface area contributed by atoms with Crippen LogP contribution in [0.15, 0.2) is 12.1 Å². The first-order chi connectivity index (χ1) is 7.24. The molecule has 0 aliphatic carbocycles. The molecule has 1 aromatic heterocycles. The molecule has 0 unspecified atom stereocenters. The lowest BCUT2D eigenvalue weighted by atomic mass is 9.94. The minimum atomic E-state index is 0.472. The summed E-state index contributed by atoms with van der Waals surface area (Å²) in [4.78, 5) is 2.39. The minimum absolute atomic E-state index is 0.472. The molecule has 0 saturated carbocycles. The Labute approximate surface area is 95.5 Å². The van der Waals surface area contributed by atoms with E-state index >= 15 is 0 Å². The van der Waals surface area contributed by atoms with E-state index in [-0.39, 0.29) is 0 Å². The Morgan fingerprint density at radius 2 is 2.33 bits per heavy atom. The van der Waals surface area contributed by atoms with Crippen molar-refractivity contribution in [1.82, 2.24) is 15.1 Å². The number of piperidine rings is 1. The van der Waals surface area contributed by atoms with E-state index in [1.165, 1.54) is 25.9 Å². The maximum absolute atomic E-state index is 5.70. The number of rotatable bonds is 2. The quantitative estimate of drug-likeness (QED) is 0.771. The number of hydrogen-bond donors (Lipinski definition) is 0. The summed E-state index contributed by atoms with van der Waals surface area (Å²) in [5.41, 5.74) is 1.06. The lowest BCUT2D eigenvalue weighted by Crippen LogP contribution is -2.33. The molecule has 15 heavy (non-hydrogen) atoms. The minimum Gasteiger partial charge on any atom is -0.306 e. The highest BCUT2D eigenvalue weighted by atomic mass is 35.5. The van der Waals surface area contributed by atoms with Gasteiger partial charge in [0.25, 0.3) is 0 Å². The van der Waals surface area contributed by atoms with Crippen molar-refractivity contribution in [3.8, 4) is 0 Å². The Bertz CT molecular complexity index is 312. The van der Waals surface area contributed by atoms with E-state index in [9.17, 15) is 0 Å². The van der Waals surface area contributed by atoms with Crippen LogP contribution >= 0.6 is 11.6 Å². The molecule has 0 amide bonds. The van der Waals surface area contributed by atoms with E-state index in [1.807, 2.05) is 12.1 Å². The van der Waals surface area contributed by atoms with Crippen LogP contribution in [0.4, 0.5) is 0 Å². The predicted molar refractivity (Wildman–Crippen MR) is 61.0 cm³/mol. The molecule has 2 rings (SSSR count). The molecule has 3 nitrogen and oxygen atoms in total. The molecule has 1 aliphatic rings. The average molecular weight is 226 g/mol. The normalized spacial score (nSPS) is 22.9. The van der Waals surface area contributed by atoms with E-state index in [4.69, 9.17) is 11.6 Å². The monoisotopic (exact) mass is 225 g/mol. The van der Waals surface area contributed by atoms with Gasteiger partial charge in [-0.15, -0.1) is 5.10 Å². The van der Waals surface area contributed by atoms with Gasteiger partial charge in [0.1, 0.15) is 0 Å². The zero-order valence-corrected chi connectivity index (χ0v) is 9.74. The van der Waals surface area contributed by atoms with Crippen LogP contribution in [-0.4, -0.2) is 35.2 Å². The standard InChI is InChI=1S/C11H16ClN3/c1-15-6-2-3-9(8-15)7-10-4-5-11(12)14-13-10/h4-5,9H,2-3,6-8H2,1H3/t9-/m0/s1. The number of nitrogens with zero attached hydrogens (tertiary/aromatic N) is 3. The van der Waals surface area contributed by atoms with E-state index < -0.39 is 0 Å². The first-order valence-electron chi connectivity index (χ1n) is 5.40. The molecule has 1 fully saturated rings. The fraction of sp³-hybridized carbons (Fsp3) is 0.636. The Kier molecular flexibility index (Phi) is 3.54. The van der Waals surface area contributed by atoms with E-state index in [2.05, 4.69) is 22.1 Å². The van der Waals surface area contributed by atoms with Gasteiger partial charge in [-0.3, -0.25) is 0 Å². The summed E-state index contributed by atoms with van der Waals surface area (Å²) in [6.45, 7) is 2.40. The summed E-state index contributed by atoms with van der Waals surface area (Å²) in [6, 6.07) is 3.79. The van der Waals surface area contributed by atoms with Crippen LogP contribution in [0, 0.1) is 5.92 Å². The zero-order valence-electron chi connectivity index (χ0n) is 8.99. The molecule has 0 bridgehead atoms. The van der Waals surface area contributed by atoms with Crippen LogP contribution < -0.4 is 0 Å². The van der Waals surface area contributed by atoms with Gasteiger partial charge < -0.3 is 4.90 Å². The maximum Gasteiger partial charge on any atom is 0.151 e. The van der Waals surface area contributed by atoms with Crippen LogP contribution in [-0.2, 0) is 6.42 Å². The van der Waals surface area contributed by atoms with Gasteiger partial charge in [-0.25, -0.2) is 0 Å². The Balaban J connectivity index is 1.93. The lowest BCUT2D eigenvalue weighted by molar-refractivity contribution is 0.208. The highest BCUT2D eigenvalue weighted by Gasteiger charge is 2.17. The van der Waals surface area contributed by atoms with Gasteiger partial charge in [-0.1, -0.05) is 11.6 Å². The Morgan fingerprint density at radius 3 is 3.00 bits per heavy atom. The van der Waals surface area contributed by atoms with Gasteiger partial charge in [0.15, 0.2) is 5.15 Å². The highest BCUT2D eigenvalue weighted by Crippen LogP contribution is 2.18. The van der Waals surface area contributed by atoms with Gasteiger partial charge in [0.2, 0.25) is 0 Å². The molecule has 4 heteroatoms. The largest absolute Gasteiger partial charge is 0.306 e.